The van der Waals surface area contributed by atoms with Crippen LogP contribution in [0.25, 0.3) is 10.6 Å². The smallest absolute Gasteiger partial charge is 0.263 e. The van der Waals surface area contributed by atoms with Gasteiger partial charge in [-0.05, 0) is 37.1 Å². The maximum absolute atomic E-state index is 13.3. The molecule has 0 fully saturated rings. The summed E-state index contributed by atoms with van der Waals surface area (Å²) in [5, 5.41) is 9.83. The maximum atomic E-state index is 13.3. The van der Waals surface area contributed by atoms with Gasteiger partial charge < -0.3 is 4.74 Å². The van der Waals surface area contributed by atoms with Gasteiger partial charge in [-0.15, -0.1) is 10.2 Å². The minimum Gasteiger partial charge on any atom is -0.493 e. The Morgan fingerprint density at radius 3 is 2.70 bits per heavy atom. The van der Waals surface area contributed by atoms with Crippen LogP contribution in [0.4, 0.5) is 5.13 Å². The van der Waals surface area contributed by atoms with E-state index in [1.165, 1.54) is 11.3 Å². The van der Waals surface area contributed by atoms with Crippen molar-refractivity contribution in [3.8, 4) is 16.3 Å². The van der Waals surface area contributed by atoms with E-state index in [1.807, 2.05) is 37.3 Å². The van der Waals surface area contributed by atoms with Crippen molar-refractivity contribution < 1.29 is 9.53 Å². The summed E-state index contributed by atoms with van der Waals surface area (Å²) in [5.74, 6) is 0.719. The SMILES string of the molecule is CCOc1ccccc1C(=O)N(CC(C)C)c1nnc(-c2cccnc2)s1. The predicted octanol–water partition coefficient (Wildman–Crippen LogP) is 4.30. The van der Waals surface area contributed by atoms with E-state index in [1.54, 1.807) is 23.4 Å². The summed E-state index contributed by atoms with van der Waals surface area (Å²) in [4.78, 5) is 19.1. The fourth-order valence-corrected chi connectivity index (χ4v) is 3.46. The van der Waals surface area contributed by atoms with Crippen LogP contribution in [-0.4, -0.2) is 34.2 Å². The number of aromatic nitrogens is 3. The lowest BCUT2D eigenvalue weighted by Crippen LogP contribution is -2.34. The molecule has 2 aromatic heterocycles. The van der Waals surface area contributed by atoms with E-state index in [9.17, 15) is 4.79 Å². The highest BCUT2D eigenvalue weighted by atomic mass is 32.1. The van der Waals surface area contributed by atoms with Crippen molar-refractivity contribution in [2.45, 2.75) is 20.8 Å². The lowest BCUT2D eigenvalue weighted by atomic mass is 10.1. The van der Waals surface area contributed by atoms with Gasteiger partial charge in [-0.1, -0.05) is 37.3 Å². The Hall–Kier alpha value is -2.80. The van der Waals surface area contributed by atoms with Crippen molar-refractivity contribution in [3.05, 3.63) is 54.4 Å². The van der Waals surface area contributed by atoms with E-state index >= 15 is 0 Å². The summed E-state index contributed by atoms with van der Waals surface area (Å²) < 4.78 is 5.64. The Morgan fingerprint density at radius 2 is 2.00 bits per heavy atom. The third-order valence-electron chi connectivity index (χ3n) is 3.76. The topological polar surface area (TPSA) is 68.2 Å². The number of carbonyl (C=O) groups excluding carboxylic acids is 1. The molecular weight excluding hydrogens is 360 g/mol. The van der Waals surface area contributed by atoms with Crippen LogP contribution >= 0.6 is 11.3 Å². The van der Waals surface area contributed by atoms with Gasteiger partial charge in [0.25, 0.3) is 5.91 Å². The number of pyridine rings is 1. The summed E-state index contributed by atoms with van der Waals surface area (Å²) >= 11 is 1.38. The fourth-order valence-electron chi connectivity index (χ4n) is 2.61. The molecule has 0 radical (unpaired) electrons. The monoisotopic (exact) mass is 382 g/mol. The molecule has 0 spiro atoms. The van der Waals surface area contributed by atoms with Crippen LogP contribution in [0, 0.1) is 5.92 Å². The third-order valence-corrected chi connectivity index (χ3v) is 4.76. The Bertz CT molecular complexity index is 896. The molecule has 1 aromatic carbocycles. The number of ether oxygens (including phenoxy) is 1. The molecule has 0 saturated heterocycles. The molecule has 7 heteroatoms. The standard InChI is InChI=1S/C20H22N4O2S/c1-4-26-17-10-6-5-9-16(17)19(25)24(13-14(2)3)20-23-22-18(27-20)15-8-7-11-21-12-15/h5-12,14H,4,13H2,1-3H3. The van der Waals surface area contributed by atoms with Crippen LogP contribution < -0.4 is 9.64 Å². The number of hydrogen-bond donors (Lipinski definition) is 0. The van der Waals surface area contributed by atoms with E-state index in [-0.39, 0.29) is 11.8 Å². The zero-order chi connectivity index (χ0) is 19.2. The number of anilines is 1. The van der Waals surface area contributed by atoms with Crippen molar-refractivity contribution in [1.82, 2.24) is 15.2 Å². The van der Waals surface area contributed by atoms with Crippen LogP contribution in [0.1, 0.15) is 31.1 Å². The van der Waals surface area contributed by atoms with E-state index in [2.05, 4.69) is 29.0 Å². The van der Waals surface area contributed by atoms with Gasteiger partial charge in [-0.2, -0.15) is 0 Å². The first-order valence-electron chi connectivity index (χ1n) is 8.87. The number of hydrogen-bond acceptors (Lipinski definition) is 6. The number of para-hydroxylation sites is 1. The van der Waals surface area contributed by atoms with Crippen molar-refractivity contribution in [2.24, 2.45) is 5.92 Å². The Balaban J connectivity index is 1.95. The highest BCUT2D eigenvalue weighted by Gasteiger charge is 2.25. The molecule has 0 unspecified atom stereocenters. The molecule has 0 N–H and O–H groups in total. The summed E-state index contributed by atoms with van der Waals surface area (Å²) in [6.45, 7) is 7.08. The normalized spacial score (nSPS) is 10.8. The molecule has 0 saturated carbocycles. The summed E-state index contributed by atoms with van der Waals surface area (Å²) in [6.07, 6.45) is 3.45. The molecule has 140 valence electrons. The quantitative estimate of drug-likeness (QED) is 0.609. The average molecular weight is 382 g/mol. The number of amides is 1. The molecule has 1 amide bonds. The van der Waals surface area contributed by atoms with Crippen LogP contribution in [0.3, 0.4) is 0 Å². The minimum absolute atomic E-state index is 0.137. The Morgan fingerprint density at radius 1 is 1.19 bits per heavy atom. The van der Waals surface area contributed by atoms with Crippen LogP contribution in [-0.2, 0) is 0 Å². The van der Waals surface area contributed by atoms with Gasteiger partial charge in [0.15, 0.2) is 5.01 Å². The van der Waals surface area contributed by atoms with E-state index in [0.29, 0.717) is 29.6 Å². The highest BCUT2D eigenvalue weighted by Crippen LogP contribution is 2.31. The molecular formula is C20H22N4O2S. The second-order valence-electron chi connectivity index (χ2n) is 6.37. The van der Waals surface area contributed by atoms with Gasteiger partial charge in [0.05, 0.1) is 12.2 Å². The van der Waals surface area contributed by atoms with Gasteiger partial charge >= 0.3 is 0 Å². The number of carbonyl (C=O) groups is 1. The number of rotatable bonds is 7. The van der Waals surface area contributed by atoms with Gasteiger partial charge in [0.2, 0.25) is 5.13 Å². The lowest BCUT2D eigenvalue weighted by Gasteiger charge is -2.22. The molecule has 0 aliphatic carbocycles. The second kappa shape index (κ2) is 8.73. The minimum atomic E-state index is -0.137. The number of nitrogens with zero attached hydrogens (tertiary/aromatic N) is 4. The van der Waals surface area contributed by atoms with Crippen LogP contribution in [0.2, 0.25) is 0 Å². The predicted molar refractivity (Wildman–Crippen MR) is 107 cm³/mol. The van der Waals surface area contributed by atoms with Gasteiger partial charge in [0.1, 0.15) is 5.75 Å². The molecule has 0 aliphatic rings. The number of benzene rings is 1. The van der Waals surface area contributed by atoms with Crippen molar-refractivity contribution in [1.29, 1.82) is 0 Å². The summed E-state index contributed by atoms with van der Waals surface area (Å²) in [6, 6.07) is 11.1. The van der Waals surface area contributed by atoms with Gasteiger partial charge in [-0.3, -0.25) is 14.7 Å². The molecule has 0 atom stereocenters. The maximum Gasteiger partial charge on any atom is 0.263 e. The Kier molecular flexibility index (Phi) is 6.13. The van der Waals surface area contributed by atoms with Crippen molar-refractivity contribution in [2.75, 3.05) is 18.1 Å². The van der Waals surface area contributed by atoms with E-state index in [0.717, 1.165) is 10.6 Å². The highest BCUT2D eigenvalue weighted by molar-refractivity contribution is 7.18. The molecule has 0 bridgehead atoms. The third kappa shape index (κ3) is 4.49. The first-order valence-corrected chi connectivity index (χ1v) is 9.69. The van der Waals surface area contributed by atoms with Crippen molar-refractivity contribution >= 4 is 22.4 Å². The molecule has 3 aromatic rings. The molecule has 6 nitrogen and oxygen atoms in total. The van der Waals surface area contributed by atoms with Gasteiger partial charge in [-0.25, -0.2) is 0 Å². The lowest BCUT2D eigenvalue weighted by molar-refractivity contribution is 0.0980. The summed E-state index contributed by atoms with van der Waals surface area (Å²) in [7, 11) is 0. The van der Waals surface area contributed by atoms with Crippen LogP contribution in [0.5, 0.6) is 5.75 Å². The first-order chi connectivity index (χ1) is 13.1. The second-order valence-corrected chi connectivity index (χ2v) is 7.33. The van der Waals surface area contributed by atoms with E-state index in [4.69, 9.17) is 4.74 Å². The zero-order valence-corrected chi connectivity index (χ0v) is 16.4. The molecule has 27 heavy (non-hydrogen) atoms. The van der Waals surface area contributed by atoms with Gasteiger partial charge in [0, 0.05) is 24.5 Å². The average Bonchev–Trinajstić information content (AvgIpc) is 3.17. The zero-order valence-electron chi connectivity index (χ0n) is 15.6. The molecule has 2 heterocycles. The molecule has 3 rings (SSSR count). The molecule has 0 aliphatic heterocycles. The summed E-state index contributed by atoms with van der Waals surface area (Å²) in [5.41, 5.74) is 1.41. The van der Waals surface area contributed by atoms with Crippen molar-refractivity contribution in [3.63, 3.8) is 0 Å². The van der Waals surface area contributed by atoms with E-state index < -0.39 is 0 Å². The Labute approximate surface area is 162 Å². The first kappa shape index (κ1) is 19.0. The van der Waals surface area contributed by atoms with Crippen LogP contribution in [0.15, 0.2) is 48.8 Å². The largest absolute Gasteiger partial charge is 0.493 e. The fraction of sp³-hybridized carbons (Fsp3) is 0.300.